The highest BCUT2D eigenvalue weighted by Crippen LogP contribution is 2.22. The number of nitrogens with zero attached hydrogens (tertiary/aromatic N) is 1. The molecule has 4 N–H and O–H groups in total. The highest BCUT2D eigenvalue weighted by Gasteiger charge is 2.11. The molecule has 0 spiro atoms. The first kappa shape index (κ1) is 22.6. The summed E-state index contributed by atoms with van der Waals surface area (Å²) >= 11 is 0. The molecule has 0 aliphatic rings. The van der Waals surface area contributed by atoms with Gasteiger partial charge in [0.1, 0.15) is 5.75 Å². The van der Waals surface area contributed by atoms with E-state index in [0.717, 1.165) is 5.56 Å². The predicted molar refractivity (Wildman–Crippen MR) is 107 cm³/mol. The SMILES string of the molecule is CCNC(=NCc1cccc(S(N)(=O)=O)c1)NCc1cc(C)ccc1OC(F)F. The van der Waals surface area contributed by atoms with Crippen LogP contribution in [0, 0.1) is 6.92 Å². The molecule has 29 heavy (non-hydrogen) atoms. The fourth-order valence-electron chi connectivity index (χ4n) is 2.57. The van der Waals surface area contributed by atoms with Crippen LogP contribution in [0.5, 0.6) is 5.75 Å². The van der Waals surface area contributed by atoms with Crippen LogP contribution in [0.1, 0.15) is 23.6 Å². The second kappa shape index (κ2) is 10.2. The Labute approximate surface area is 169 Å². The van der Waals surface area contributed by atoms with E-state index in [9.17, 15) is 17.2 Å². The number of nitrogens with two attached hydrogens (primary N) is 1. The van der Waals surface area contributed by atoms with Gasteiger partial charge in [0, 0.05) is 18.7 Å². The maximum Gasteiger partial charge on any atom is 0.387 e. The molecule has 0 heterocycles. The van der Waals surface area contributed by atoms with Crippen LogP contribution in [0.4, 0.5) is 8.78 Å². The van der Waals surface area contributed by atoms with Crippen molar-refractivity contribution < 1.29 is 21.9 Å². The fourth-order valence-corrected chi connectivity index (χ4v) is 3.15. The van der Waals surface area contributed by atoms with Crippen LogP contribution < -0.4 is 20.5 Å². The number of aryl methyl sites for hydroxylation is 1. The molecule has 2 aromatic rings. The molecular weight excluding hydrogens is 402 g/mol. The van der Waals surface area contributed by atoms with Gasteiger partial charge in [-0.2, -0.15) is 8.78 Å². The van der Waals surface area contributed by atoms with E-state index in [1.807, 2.05) is 13.8 Å². The Hall–Kier alpha value is -2.72. The van der Waals surface area contributed by atoms with Crippen molar-refractivity contribution >= 4 is 16.0 Å². The quantitative estimate of drug-likeness (QED) is 0.444. The number of sulfonamides is 1. The van der Waals surface area contributed by atoms with Crippen molar-refractivity contribution in [1.29, 1.82) is 0 Å². The Kier molecular flexibility index (Phi) is 7.91. The number of alkyl halides is 2. The van der Waals surface area contributed by atoms with Gasteiger partial charge in [0.15, 0.2) is 5.96 Å². The molecule has 7 nitrogen and oxygen atoms in total. The minimum absolute atomic E-state index is 0.0108. The number of rotatable bonds is 8. The molecule has 0 amide bonds. The summed E-state index contributed by atoms with van der Waals surface area (Å²) in [6.07, 6.45) is 0. The summed E-state index contributed by atoms with van der Waals surface area (Å²) in [7, 11) is -3.79. The molecule has 2 aromatic carbocycles. The van der Waals surface area contributed by atoms with Gasteiger partial charge in [-0.05, 0) is 37.6 Å². The van der Waals surface area contributed by atoms with Crippen molar-refractivity contribution in [2.45, 2.75) is 38.4 Å². The zero-order chi connectivity index (χ0) is 21.4. The van der Waals surface area contributed by atoms with Gasteiger partial charge in [-0.15, -0.1) is 0 Å². The molecule has 0 bridgehead atoms. The van der Waals surface area contributed by atoms with Gasteiger partial charge in [-0.1, -0.05) is 29.8 Å². The number of ether oxygens (including phenoxy) is 1. The van der Waals surface area contributed by atoms with Gasteiger partial charge < -0.3 is 15.4 Å². The lowest BCUT2D eigenvalue weighted by Gasteiger charge is -2.15. The summed E-state index contributed by atoms with van der Waals surface area (Å²) < 4.78 is 52.7. The van der Waals surface area contributed by atoms with Crippen LogP contribution in [-0.4, -0.2) is 27.5 Å². The lowest BCUT2D eigenvalue weighted by Crippen LogP contribution is -2.37. The average molecular weight is 426 g/mol. The normalized spacial score (nSPS) is 12.1. The minimum atomic E-state index is -3.79. The van der Waals surface area contributed by atoms with Gasteiger partial charge in [-0.25, -0.2) is 18.5 Å². The fraction of sp³-hybridized carbons (Fsp3) is 0.316. The monoisotopic (exact) mass is 426 g/mol. The predicted octanol–water partition coefficient (Wildman–Crippen LogP) is 2.50. The largest absolute Gasteiger partial charge is 0.434 e. The van der Waals surface area contributed by atoms with Crippen LogP contribution in [0.25, 0.3) is 0 Å². The number of benzene rings is 2. The van der Waals surface area contributed by atoms with E-state index in [-0.39, 0.29) is 23.7 Å². The molecule has 0 unspecified atom stereocenters. The van der Waals surface area contributed by atoms with E-state index in [4.69, 9.17) is 5.14 Å². The number of aliphatic imine (C=N–C) groups is 1. The van der Waals surface area contributed by atoms with Crippen molar-refractivity contribution in [1.82, 2.24) is 10.6 Å². The van der Waals surface area contributed by atoms with E-state index in [2.05, 4.69) is 20.4 Å². The molecule has 0 aliphatic heterocycles. The molecule has 0 aromatic heterocycles. The summed E-state index contributed by atoms with van der Waals surface area (Å²) in [4.78, 5) is 4.42. The van der Waals surface area contributed by atoms with Crippen molar-refractivity contribution in [2.75, 3.05) is 6.54 Å². The summed E-state index contributed by atoms with van der Waals surface area (Å²) in [6.45, 7) is 1.82. The van der Waals surface area contributed by atoms with Crippen LogP contribution in [0.15, 0.2) is 52.4 Å². The summed E-state index contributed by atoms with van der Waals surface area (Å²) in [6, 6.07) is 11.1. The first-order valence-electron chi connectivity index (χ1n) is 8.87. The Bertz CT molecular complexity index is 966. The van der Waals surface area contributed by atoms with Crippen LogP contribution in [0.3, 0.4) is 0 Å². The molecule has 10 heteroatoms. The van der Waals surface area contributed by atoms with E-state index in [1.54, 1.807) is 24.3 Å². The van der Waals surface area contributed by atoms with Crippen molar-refractivity contribution in [2.24, 2.45) is 10.1 Å². The van der Waals surface area contributed by atoms with E-state index >= 15 is 0 Å². The number of halogens is 2. The third kappa shape index (κ3) is 7.31. The zero-order valence-corrected chi connectivity index (χ0v) is 17.0. The Morgan fingerprint density at radius 2 is 1.97 bits per heavy atom. The molecule has 0 saturated carbocycles. The minimum Gasteiger partial charge on any atom is -0.434 e. The molecule has 0 aliphatic carbocycles. The van der Waals surface area contributed by atoms with Crippen LogP contribution >= 0.6 is 0 Å². The molecule has 158 valence electrons. The summed E-state index contributed by atoms with van der Waals surface area (Å²) in [5, 5.41) is 11.3. The van der Waals surface area contributed by atoms with Gasteiger partial charge >= 0.3 is 6.61 Å². The number of nitrogens with one attached hydrogen (secondary N) is 2. The van der Waals surface area contributed by atoms with Gasteiger partial charge in [0.25, 0.3) is 0 Å². The first-order chi connectivity index (χ1) is 13.7. The lowest BCUT2D eigenvalue weighted by molar-refractivity contribution is -0.0504. The average Bonchev–Trinajstić information content (AvgIpc) is 2.65. The van der Waals surface area contributed by atoms with E-state index in [1.165, 1.54) is 18.2 Å². The highest BCUT2D eigenvalue weighted by molar-refractivity contribution is 7.89. The maximum absolute atomic E-state index is 12.6. The van der Waals surface area contributed by atoms with E-state index in [0.29, 0.717) is 23.6 Å². The molecule has 0 atom stereocenters. The second-order valence-electron chi connectivity index (χ2n) is 6.23. The third-order valence-electron chi connectivity index (χ3n) is 3.87. The zero-order valence-electron chi connectivity index (χ0n) is 16.2. The third-order valence-corrected chi connectivity index (χ3v) is 4.78. The van der Waals surface area contributed by atoms with Crippen molar-refractivity contribution in [3.63, 3.8) is 0 Å². The maximum atomic E-state index is 12.6. The number of hydrogen-bond acceptors (Lipinski definition) is 4. The standard InChI is InChI=1S/C19H24F2N4O3S/c1-3-23-19(24-11-14-5-4-6-16(10-14)29(22,26)27)25-12-15-9-13(2)7-8-17(15)28-18(20)21/h4-10,18H,3,11-12H2,1-2H3,(H2,22,26,27)(H2,23,24,25). The Balaban J connectivity index is 2.14. The summed E-state index contributed by atoms with van der Waals surface area (Å²) in [5.74, 6) is 0.535. The van der Waals surface area contributed by atoms with E-state index < -0.39 is 16.6 Å². The molecule has 2 rings (SSSR count). The smallest absolute Gasteiger partial charge is 0.387 e. The summed E-state index contributed by atoms with van der Waals surface area (Å²) in [5.41, 5.74) is 2.13. The van der Waals surface area contributed by atoms with Crippen LogP contribution in [0.2, 0.25) is 0 Å². The molecular formula is C19H24F2N4O3S. The van der Waals surface area contributed by atoms with Crippen LogP contribution in [-0.2, 0) is 23.1 Å². The van der Waals surface area contributed by atoms with Crippen molar-refractivity contribution in [3.8, 4) is 5.75 Å². The number of primary sulfonamides is 1. The first-order valence-corrected chi connectivity index (χ1v) is 10.4. The molecule has 0 fully saturated rings. The second-order valence-corrected chi connectivity index (χ2v) is 7.79. The molecule has 0 radical (unpaired) electrons. The van der Waals surface area contributed by atoms with Crippen molar-refractivity contribution in [3.05, 3.63) is 59.2 Å². The Morgan fingerprint density at radius 3 is 2.62 bits per heavy atom. The lowest BCUT2D eigenvalue weighted by atomic mass is 10.1. The van der Waals surface area contributed by atoms with Gasteiger partial charge in [-0.3, -0.25) is 0 Å². The van der Waals surface area contributed by atoms with Gasteiger partial charge in [0.2, 0.25) is 10.0 Å². The number of hydrogen-bond donors (Lipinski definition) is 3. The Morgan fingerprint density at radius 1 is 1.21 bits per heavy atom. The highest BCUT2D eigenvalue weighted by atomic mass is 32.2. The topological polar surface area (TPSA) is 106 Å². The molecule has 0 saturated heterocycles. The number of guanidine groups is 1. The van der Waals surface area contributed by atoms with Gasteiger partial charge in [0.05, 0.1) is 11.4 Å².